The Kier molecular flexibility index (Phi) is 6.97. The summed E-state index contributed by atoms with van der Waals surface area (Å²) in [6, 6.07) is 16.7. The van der Waals surface area contributed by atoms with E-state index in [9.17, 15) is 19.7 Å². The average molecular weight is 433 g/mol. The zero-order valence-electron chi connectivity index (χ0n) is 17.3. The molecular formula is C24H19NO7. The first-order valence-electron chi connectivity index (χ1n) is 9.42. The Hall–Kier alpha value is -4.46. The van der Waals surface area contributed by atoms with Gasteiger partial charge in [-0.05, 0) is 48.0 Å². The van der Waals surface area contributed by atoms with Crippen LogP contribution in [0.3, 0.4) is 0 Å². The molecule has 0 aliphatic heterocycles. The molecule has 0 radical (unpaired) electrons. The smallest absolute Gasteiger partial charge is 0.343 e. The molecule has 0 aliphatic rings. The van der Waals surface area contributed by atoms with E-state index in [1.165, 1.54) is 38.5 Å². The van der Waals surface area contributed by atoms with E-state index in [2.05, 4.69) is 0 Å². The highest BCUT2D eigenvalue weighted by Gasteiger charge is 2.14. The summed E-state index contributed by atoms with van der Waals surface area (Å²) in [6.07, 6.45) is 3.02. The van der Waals surface area contributed by atoms with Crippen LogP contribution in [-0.2, 0) is 0 Å². The number of carbonyl (C=O) groups is 2. The SMILES string of the molecule is COc1ccc(OC)c(C(=O)/C=C/c2ccc(OC(=O)c3cccc([N+](=O)[O-])c3)cc2)c1. The molecule has 0 bridgehead atoms. The fraction of sp³-hybridized carbons (Fsp3) is 0.0833. The highest BCUT2D eigenvalue weighted by atomic mass is 16.6. The van der Waals surface area contributed by atoms with Gasteiger partial charge in [-0.25, -0.2) is 4.79 Å². The number of hydrogen-bond acceptors (Lipinski definition) is 7. The maximum absolute atomic E-state index is 12.6. The first-order chi connectivity index (χ1) is 15.4. The monoisotopic (exact) mass is 433 g/mol. The van der Waals surface area contributed by atoms with E-state index < -0.39 is 10.9 Å². The maximum atomic E-state index is 12.6. The van der Waals surface area contributed by atoms with Crippen molar-refractivity contribution in [1.29, 1.82) is 0 Å². The summed E-state index contributed by atoms with van der Waals surface area (Å²) in [7, 11) is 3.00. The lowest BCUT2D eigenvalue weighted by atomic mass is 10.1. The van der Waals surface area contributed by atoms with Crippen molar-refractivity contribution in [2.75, 3.05) is 14.2 Å². The van der Waals surface area contributed by atoms with Crippen molar-refractivity contribution in [3.63, 3.8) is 0 Å². The van der Waals surface area contributed by atoms with Crippen molar-refractivity contribution in [1.82, 2.24) is 0 Å². The van der Waals surface area contributed by atoms with Gasteiger partial charge in [-0.1, -0.05) is 24.3 Å². The van der Waals surface area contributed by atoms with E-state index in [1.807, 2.05) is 0 Å². The first kappa shape index (κ1) is 22.2. The number of benzene rings is 3. The number of ketones is 1. The molecule has 8 nitrogen and oxygen atoms in total. The molecule has 0 spiro atoms. The van der Waals surface area contributed by atoms with Crippen molar-refractivity contribution in [3.05, 3.63) is 99.6 Å². The van der Waals surface area contributed by atoms with Crippen LogP contribution >= 0.6 is 0 Å². The van der Waals surface area contributed by atoms with Crippen LogP contribution in [0.25, 0.3) is 6.08 Å². The number of methoxy groups -OCH3 is 2. The number of allylic oxidation sites excluding steroid dienone is 1. The van der Waals surface area contributed by atoms with Gasteiger partial charge in [0.15, 0.2) is 5.78 Å². The van der Waals surface area contributed by atoms with Crippen LogP contribution in [0.4, 0.5) is 5.69 Å². The largest absolute Gasteiger partial charge is 0.497 e. The third-order valence-corrected chi connectivity index (χ3v) is 4.48. The van der Waals surface area contributed by atoms with Crippen LogP contribution in [0, 0.1) is 10.1 Å². The fourth-order valence-electron chi connectivity index (χ4n) is 2.83. The summed E-state index contributed by atoms with van der Waals surface area (Å²) < 4.78 is 15.6. The number of carbonyl (C=O) groups excluding carboxylic acids is 2. The van der Waals surface area contributed by atoms with Crippen molar-refractivity contribution in [3.8, 4) is 17.2 Å². The second-order valence-electron chi connectivity index (χ2n) is 6.53. The second kappa shape index (κ2) is 10.0. The van der Waals surface area contributed by atoms with Gasteiger partial charge in [0.25, 0.3) is 5.69 Å². The number of nitrogens with zero attached hydrogens (tertiary/aromatic N) is 1. The quantitative estimate of drug-likeness (QED) is 0.126. The Bertz CT molecular complexity index is 1180. The standard InChI is InChI=1S/C24H19NO7/c1-30-20-11-13-23(31-2)21(15-20)22(26)12-8-16-6-9-19(10-7-16)32-24(27)17-4-3-5-18(14-17)25(28)29/h3-15H,1-2H3/b12-8+. The summed E-state index contributed by atoms with van der Waals surface area (Å²) in [5.74, 6) is 0.264. The Morgan fingerprint density at radius 1 is 0.906 bits per heavy atom. The molecule has 3 aromatic carbocycles. The molecule has 0 aromatic heterocycles. The van der Waals surface area contributed by atoms with Crippen LogP contribution in [0.2, 0.25) is 0 Å². The predicted octanol–water partition coefficient (Wildman–Crippen LogP) is 4.73. The number of esters is 1. The van der Waals surface area contributed by atoms with Gasteiger partial charge in [0.1, 0.15) is 17.2 Å². The van der Waals surface area contributed by atoms with Crippen molar-refractivity contribution < 1.29 is 28.7 Å². The van der Waals surface area contributed by atoms with E-state index in [0.717, 1.165) is 6.07 Å². The lowest BCUT2D eigenvalue weighted by Crippen LogP contribution is -2.08. The molecule has 0 saturated heterocycles. The highest BCUT2D eigenvalue weighted by molar-refractivity contribution is 6.08. The number of non-ortho nitro benzene ring substituents is 1. The van der Waals surface area contributed by atoms with Crippen molar-refractivity contribution in [2.24, 2.45) is 0 Å². The van der Waals surface area contributed by atoms with E-state index in [0.29, 0.717) is 22.6 Å². The molecule has 0 unspecified atom stereocenters. The summed E-state index contributed by atoms with van der Waals surface area (Å²) >= 11 is 0. The molecular weight excluding hydrogens is 414 g/mol. The van der Waals surface area contributed by atoms with Gasteiger partial charge in [-0.15, -0.1) is 0 Å². The molecule has 0 fully saturated rings. The lowest BCUT2D eigenvalue weighted by Gasteiger charge is -2.08. The minimum absolute atomic E-state index is 0.0704. The van der Waals surface area contributed by atoms with Crippen molar-refractivity contribution in [2.45, 2.75) is 0 Å². The van der Waals surface area contributed by atoms with Gasteiger partial charge in [0, 0.05) is 12.1 Å². The van der Waals surface area contributed by atoms with Crippen LogP contribution in [-0.4, -0.2) is 30.9 Å². The molecule has 8 heteroatoms. The third-order valence-electron chi connectivity index (χ3n) is 4.48. The molecule has 0 atom stereocenters. The van der Waals surface area contributed by atoms with E-state index in [-0.39, 0.29) is 22.8 Å². The topological polar surface area (TPSA) is 105 Å². The Morgan fingerprint density at radius 2 is 1.62 bits per heavy atom. The Labute approximate surface area is 183 Å². The molecule has 0 N–H and O–H groups in total. The number of rotatable bonds is 8. The minimum atomic E-state index is -0.711. The highest BCUT2D eigenvalue weighted by Crippen LogP contribution is 2.25. The zero-order valence-corrected chi connectivity index (χ0v) is 17.3. The zero-order chi connectivity index (χ0) is 23.1. The molecule has 3 rings (SSSR count). The number of nitro benzene ring substituents is 1. The molecule has 3 aromatic rings. The number of hydrogen-bond donors (Lipinski definition) is 0. The fourth-order valence-corrected chi connectivity index (χ4v) is 2.83. The van der Waals surface area contributed by atoms with Gasteiger partial charge >= 0.3 is 5.97 Å². The van der Waals surface area contributed by atoms with Gasteiger partial charge in [0.2, 0.25) is 0 Å². The van der Waals surface area contributed by atoms with Crippen LogP contribution in [0.15, 0.2) is 72.8 Å². The van der Waals surface area contributed by atoms with Crippen LogP contribution < -0.4 is 14.2 Å². The minimum Gasteiger partial charge on any atom is -0.497 e. The number of nitro groups is 1. The molecule has 32 heavy (non-hydrogen) atoms. The van der Waals surface area contributed by atoms with Crippen molar-refractivity contribution >= 4 is 23.5 Å². The normalized spacial score (nSPS) is 10.6. The molecule has 0 saturated carbocycles. The summed E-state index contributed by atoms with van der Waals surface area (Å²) in [5, 5.41) is 10.8. The van der Waals surface area contributed by atoms with E-state index in [1.54, 1.807) is 48.5 Å². The third kappa shape index (κ3) is 5.37. The molecule has 0 heterocycles. The molecule has 0 aliphatic carbocycles. The molecule has 162 valence electrons. The summed E-state index contributed by atoms with van der Waals surface area (Å²) in [6.45, 7) is 0. The van der Waals surface area contributed by atoms with E-state index >= 15 is 0 Å². The Balaban J connectivity index is 1.69. The number of ether oxygens (including phenoxy) is 3. The van der Waals surface area contributed by atoms with E-state index in [4.69, 9.17) is 14.2 Å². The van der Waals surface area contributed by atoms with Gasteiger partial charge < -0.3 is 14.2 Å². The van der Waals surface area contributed by atoms with Crippen LogP contribution in [0.1, 0.15) is 26.3 Å². The maximum Gasteiger partial charge on any atom is 0.343 e. The summed E-state index contributed by atoms with van der Waals surface area (Å²) in [4.78, 5) is 35.1. The Morgan fingerprint density at radius 3 is 2.28 bits per heavy atom. The first-order valence-corrected chi connectivity index (χ1v) is 9.42. The van der Waals surface area contributed by atoms with Gasteiger partial charge in [-0.2, -0.15) is 0 Å². The predicted molar refractivity (Wildman–Crippen MR) is 117 cm³/mol. The van der Waals surface area contributed by atoms with Crippen LogP contribution in [0.5, 0.6) is 17.2 Å². The van der Waals surface area contributed by atoms with Gasteiger partial charge in [0.05, 0.1) is 30.3 Å². The average Bonchev–Trinajstić information content (AvgIpc) is 2.82. The second-order valence-corrected chi connectivity index (χ2v) is 6.53. The summed E-state index contributed by atoms with van der Waals surface area (Å²) in [5.41, 5.74) is 0.944. The van der Waals surface area contributed by atoms with Gasteiger partial charge in [-0.3, -0.25) is 14.9 Å². The molecule has 0 amide bonds. The lowest BCUT2D eigenvalue weighted by molar-refractivity contribution is -0.384.